The number of carbonyl (C=O) groups excluding carboxylic acids is 1. The molecule has 0 spiro atoms. The number of rotatable bonds is 1. The first kappa shape index (κ1) is 18.0. The fraction of sp³-hybridized carbons (Fsp3) is 0.955. The van der Waals surface area contributed by atoms with Crippen molar-refractivity contribution in [3.05, 3.63) is 0 Å². The van der Waals surface area contributed by atoms with Crippen molar-refractivity contribution in [2.75, 3.05) is 0 Å². The summed E-state index contributed by atoms with van der Waals surface area (Å²) in [6.45, 7) is 9.10. The number of hydrogen-bond donors (Lipinski definition) is 2. The predicted octanol–water partition coefficient (Wildman–Crippen LogP) is 3.81. The smallest absolute Gasteiger partial charge is 0.139 e. The molecule has 0 bridgehead atoms. The SMILES string of the molecule is CC(C)[C@H]1CC[C@H]2C3[C@H](O)CC4C[C@H](O)CC[C@]4(C)[C@H]3CC(=O)[C@]12C. The number of hydrogen-bond acceptors (Lipinski definition) is 3. The van der Waals surface area contributed by atoms with Crippen molar-refractivity contribution in [2.24, 2.45) is 46.3 Å². The molecule has 0 aromatic carbocycles. The molecule has 25 heavy (non-hydrogen) atoms. The molecule has 2 N–H and O–H groups in total. The highest BCUT2D eigenvalue weighted by atomic mass is 16.3. The van der Waals surface area contributed by atoms with E-state index in [-0.39, 0.29) is 29.0 Å². The van der Waals surface area contributed by atoms with Crippen molar-refractivity contribution in [3.8, 4) is 0 Å². The van der Waals surface area contributed by atoms with Gasteiger partial charge in [0.25, 0.3) is 0 Å². The number of ketones is 1. The van der Waals surface area contributed by atoms with E-state index in [4.69, 9.17) is 0 Å². The van der Waals surface area contributed by atoms with Crippen LogP contribution in [0.2, 0.25) is 0 Å². The maximum Gasteiger partial charge on any atom is 0.139 e. The van der Waals surface area contributed by atoms with Gasteiger partial charge in [0.1, 0.15) is 5.78 Å². The highest BCUT2D eigenvalue weighted by molar-refractivity contribution is 5.87. The molecule has 9 atom stereocenters. The molecule has 0 aromatic rings. The third-order valence-electron chi connectivity index (χ3n) is 9.39. The van der Waals surface area contributed by atoms with Gasteiger partial charge in [-0.05, 0) is 79.4 Å². The average Bonchev–Trinajstić information content (AvgIpc) is 2.89. The Morgan fingerprint density at radius 3 is 2.44 bits per heavy atom. The highest BCUT2D eigenvalue weighted by Gasteiger charge is 2.65. The Kier molecular flexibility index (Phi) is 4.16. The Bertz CT molecular complexity index is 557. The monoisotopic (exact) mass is 348 g/mol. The van der Waals surface area contributed by atoms with Crippen LogP contribution in [0.25, 0.3) is 0 Å². The predicted molar refractivity (Wildman–Crippen MR) is 97.8 cm³/mol. The van der Waals surface area contributed by atoms with Gasteiger partial charge in [-0.3, -0.25) is 4.79 Å². The van der Waals surface area contributed by atoms with Crippen molar-refractivity contribution in [1.29, 1.82) is 0 Å². The third-order valence-corrected chi connectivity index (χ3v) is 9.39. The minimum Gasteiger partial charge on any atom is -0.393 e. The molecule has 4 fully saturated rings. The fourth-order valence-electron chi connectivity index (χ4n) is 8.01. The van der Waals surface area contributed by atoms with E-state index in [0.717, 1.165) is 38.5 Å². The molecule has 4 aliphatic rings. The highest BCUT2D eigenvalue weighted by Crippen LogP contribution is 2.67. The number of aliphatic hydroxyl groups is 2. The van der Waals surface area contributed by atoms with Crippen molar-refractivity contribution in [1.82, 2.24) is 0 Å². The Balaban J connectivity index is 1.71. The summed E-state index contributed by atoms with van der Waals surface area (Å²) < 4.78 is 0. The summed E-state index contributed by atoms with van der Waals surface area (Å²) in [5.41, 5.74) is -0.107. The van der Waals surface area contributed by atoms with E-state index < -0.39 is 0 Å². The average molecular weight is 349 g/mol. The van der Waals surface area contributed by atoms with Crippen molar-refractivity contribution < 1.29 is 15.0 Å². The van der Waals surface area contributed by atoms with Crippen LogP contribution in [0.4, 0.5) is 0 Å². The molecule has 0 aromatic heterocycles. The molecule has 3 heteroatoms. The summed E-state index contributed by atoms with van der Waals surface area (Å²) in [7, 11) is 0. The van der Waals surface area contributed by atoms with Crippen molar-refractivity contribution in [2.45, 2.75) is 84.8 Å². The van der Waals surface area contributed by atoms with Crippen LogP contribution >= 0.6 is 0 Å². The number of Topliss-reactive ketones (excluding diaryl/α,β-unsaturated/α-hetero) is 1. The van der Waals surface area contributed by atoms with Gasteiger partial charge in [-0.2, -0.15) is 0 Å². The first-order chi connectivity index (χ1) is 11.7. The molecule has 0 aliphatic heterocycles. The van der Waals surface area contributed by atoms with E-state index in [2.05, 4.69) is 27.7 Å². The summed E-state index contributed by atoms with van der Waals surface area (Å²) in [5, 5.41) is 21.3. The lowest BCUT2D eigenvalue weighted by atomic mass is 9.43. The van der Waals surface area contributed by atoms with Gasteiger partial charge < -0.3 is 10.2 Å². The molecule has 2 unspecified atom stereocenters. The number of aliphatic hydroxyl groups excluding tert-OH is 2. The Labute approximate surface area is 152 Å². The number of fused-ring (bicyclic) bond motifs is 5. The Hall–Kier alpha value is -0.410. The second kappa shape index (κ2) is 5.79. The fourth-order valence-corrected chi connectivity index (χ4v) is 8.01. The van der Waals surface area contributed by atoms with E-state index in [1.54, 1.807) is 0 Å². The van der Waals surface area contributed by atoms with Gasteiger partial charge >= 0.3 is 0 Å². The molecule has 0 amide bonds. The molecular formula is C22H36O3. The third kappa shape index (κ3) is 2.34. The lowest BCUT2D eigenvalue weighted by Crippen LogP contribution is -2.61. The first-order valence-corrected chi connectivity index (χ1v) is 10.6. The molecular weight excluding hydrogens is 312 g/mol. The first-order valence-electron chi connectivity index (χ1n) is 10.6. The van der Waals surface area contributed by atoms with E-state index in [0.29, 0.717) is 41.8 Å². The van der Waals surface area contributed by atoms with E-state index >= 15 is 0 Å². The second-order valence-corrected chi connectivity index (χ2v) is 10.6. The Morgan fingerprint density at radius 1 is 1.04 bits per heavy atom. The van der Waals surface area contributed by atoms with Crippen LogP contribution in [0.1, 0.15) is 72.6 Å². The van der Waals surface area contributed by atoms with Crippen molar-refractivity contribution in [3.63, 3.8) is 0 Å². The lowest BCUT2D eigenvalue weighted by molar-refractivity contribution is -0.181. The van der Waals surface area contributed by atoms with E-state index in [9.17, 15) is 15.0 Å². The van der Waals surface area contributed by atoms with Gasteiger partial charge in [0.05, 0.1) is 12.2 Å². The largest absolute Gasteiger partial charge is 0.393 e. The van der Waals surface area contributed by atoms with Crippen LogP contribution in [0.3, 0.4) is 0 Å². The standard InChI is InChI=1S/C22H36O3/c1-12(2)15-5-6-16-20-17(11-19(25)22(15,16)4)21(3)8-7-14(23)9-13(21)10-18(20)24/h12-18,20,23-24H,5-11H2,1-4H3/t13?,14-,15-,16+,17+,18-,20?,21+,22-/m1/s1. The van der Waals surface area contributed by atoms with Crippen LogP contribution in [0.5, 0.6) is 0 Å². The van der Waals surface area contributed by atoms with Crippen LogP contribution in [0, 0.1) is 46.3 Å². The van der Waals surface area contributed by atoms with Gasteiger partial charge in [-0.1, -0.05) is 27.7 Å². The molecule has 4 aliphatic carbocycles. The quantitative estimate of drug-likeness (QED) is 0.757. The zero-order chi connectivity index (χ0) is 18.1. The summed E-state index contributed by atoms with van der Waals surface area (Å²) in [4.78, 5) is 13.4. The summed E-state index contributed by atoms with van der Waals surface area (Å²) in [6, 6.07) is 0. The molecule has 3 nitrogen and oxygen atoms in total. The molecule has 4 rings (SSSR count). The molecule has 142 valence electrons. The van der Waals surface area contributed by atoms with E-state index in [1.165, 1.54) is 0 Å². The van der Waals surface area contributed by atoms with E-state index in [1.807, 2.05) is 0 Å². The lowest BCUT2D eigenvalue weighted by Gasteiger charge is -2.61. The maximum absolute atomic E-state index is 13.4. The summed E-state index contributed by atoms with van der Waals surface area (Å²) in [5.74, 6) is 2.78. The van der Waals surface area contributed by atoms with Crippen molar-refractivity contribution >= 4 is 5.78 Å². The van der Waals surface area contributed by atoms with Gasteiger partial charge in [-0.15, -0.1) is 0 Å². The molecule has 0 radical (unpaired) electrons. The van der Waals surface area contributed by atoms with Crippen LogP contribution in [0.15, 0.2) is 0 Å². The summed E-state index contributed by atoms with van der Waals surface area (Å²) in [6.07, 6.45) is 5.88. The zero-order valence-corrected chi connectivity index (χ0v) is 16.4. The molecule has 0 saturated heterocycles. The minimum absolute atomic E-state index is 0.121. The summed E-state index contributed by atoms with van der Waals surface area (Å²) >= 11 is 0. The zero-order valence-electron chi connectivity index (χ0n) is 16.4. The number of carbonyl (C=O) groups is 1. The normalized spacial score (nSPS) is 55.6. The Morgan fingerprint density at radius 2 is 1.76 bits per heavy atom. The second-order valence-electron chi connectivity index (χ2n) is 10.6. The molecule has 4 saturated carbocycles. The van der Waals surface area contributed by atoms with Gasteiger partial charge in [-0.25, -0.2) is 0 Å². The molecule has 0 heterocycles. The van der Waals surface area contributed by atoms with Gasteiger partial charge in [0.2, 0.25) is 0 Å². The maximum atomic E-state index is 13.4. The van der Waals surface area contributed by atoms with Crippen LogP contribution in [-0.4, -0.2) is 28.2 Å². The topological polar surface area (TPSA) is 57.5 Å². The van der Waals surface area contributed by atoms with Gasteiger partial charge in [0.15, 0.2) is 0 Å². The van der Waals surface area contributed by atoms with Crippen LogP contribution < -0.4 is 0 Å². The van der Waals surface area contributed by atoms with Gasteiger partial charge in [0, 0.05) is 11.8 Å². The minimum atomic E-state index is -0.295. The van der Waals surface area contributed by atoms with Crippen LogP contribution in [-0.2, 0) is 4.79 Å².